The molecule has 0 aliphatic heterocycles. The highest BCUT2D eigenvalue weighted by molar-refractivity contribution is 7.90. The molecule has 2 aromatic rings. The summed E-state index contributed by atoms with van der Waals surface area (Å²) in [6.07, 6.45) is 4.06. The summed E-state index contributed by atoms with van der Waals surface area (Å²) in [6.45, 7) is 0.260. The van der Waals surface area contributed by atoms with Gasteiger partial charge in [0.05, 0.1) is 17.6 Å². The molecule has 0 atom stereocenters. The van der Waals surface area contributed by atoms with Gasteiger partial charge in [0, 0.05) is 18.2 Å². The van der Waals surface area contributed by atoms with E-state index in [0.29, 0.717) is 5.52 Å². The van der Waals surface area contributed by atoms with Crippen LogP contribution in [0.1, 0.15) is 12.8 Å². The SMILES string of the molecule is CS(=O)(=O)CC1(Cn2cnc3cccc(F)c3c2=O)CC1. The second-order valence-electron chi connectivity index (χ2n) is 5.88. The van der Waals surface area contributed by atoms with Crippen LogP contribution in [-0.2, 0) is 16.4 Å². The van der Waals surface area contributed by atoms with Gasteiger partial charge in [-0.15, -0.1) is 0 Å². The molecule has 1 heterocycles. The number of nitrogens with zero attached hydrogens (tertiary/aromatic N) is 2. The largest absolute Gasteiger partial charge is 0.298 e. The van der Waals surface area contributed by atoms with E-state index in [9.17, 15) is 17.6 Å². The number of sulfone groups is 1. The first-order valence-corrected chi connectivity index (χ1v) is 8.67. The molecule has 0 amide bonds. The number of hydrogen-bond donors (Lipinski definition) is 0. The molecule has 0 unspecified atom stereocenters. The molecule has 1 aromatic heterocycles. The Bertz CT molecular complexity index is 869. The van der Waals surface area contributed by atoms with Crippen LogP contribution in [0.4, 0.5) is 4.39 Å². The Labute approximate surface area is 121 Å². The average molecular weight is 310 g/mol. The predicted molar refractivity (Wildman–Crippen MR) is 77.3 cm³/mol. The van der Waals surface area contributed by atoms with Crippen molar-refractivity contribution in [1.82, 2.24) is 9.55 Å². The van der Waals surface area contributed by atoms with Crippen LogP contribution in [0, 0.1) is 11.2 Å². The van der Waals surface area contributed by atoms with Crippen LogP contribution in [0.25, 0.3) is 10.9 Å². The normalized spacial score (nSPS) is 17.0. The number of rotatable bonds is 4. The number of halogens is 1. The van der Waals surface area contributed by atoms with Gasteiger partial charge in [0.15, 0.2) is 0 Å². The van der Waals surface area contributed by atoms with Crippen LogP contribution < -0.4 is 5.56 Å². The van der Waals surface area contributed by atoms with Crippen molar-refractivity contribution in [3.63, 3.8) is 0 Å². The lowest BCUT2D eigenvalue weighted by Gasteiger charge is -2.15. The lowest BCUT2D eigenvalue weighted by Crippen LogP contribution is -2.29. The Balaban J connectivity index is 2.01. The quantitative estimate of drug-likeness (QED) is 0.855. The smallest absolute Gasteiger partial charge is 0.264 e. The highest BCUT2D eigenvalue weighted by atomic mass is 32.2. The number of hydrogen-bond acceptors (Lipinski definition) is 4. The fourth-order valence-electron chi connectivity index (χ4n) is 2.72. The molecular weight excluding hydrogens is 295 g/mol. The van der Waals surface area contributed by atoms with Crippen molar-refractivity contribution in [2.45, 2.75) is 19.4 Å². The van der Waals surface area contributed by atoms with Crippen molar-refractivity contribution < 1.29 is 12.8 Å². The molecule has 1 aliphatic rings. The maximum atomic E-state index is 13.8. The lowest BCUT2D eigenvalue weighted by atomic mass is 10.1. The second-order valence-corrected chi connectivity index (χ2v) is 8.02. The fourth-order valence-corrected chi connectivity index (χ4v) is 4.21. The minimum Gasteiger partial charge on any atom is -0.298 e. The van der Waals surface area contributed by atoms with Gasteiger partial charge < -0.3 is 0 Å². The van der Waals surface area contributed by atoms with E-state index in [1.54, 1.807) is 6.07 Å². The van der Waals surface area contributed by atoms with Crippen LogP contribution in [0.3, 0.4) is 0 Å². The zero-order valence-corrected chi connectivity index (χ0v) is 12.4. The highest BCUT2D eigenvalue weighted by Gasteiger charge is 2.45. The van der Waals surface area contributed by atoms with E-state index in [1.807, 2.05) is 0 Å². The standard InChI is InChI=1S/C14H15FN2O3S/c1-21(19,20)8-14(5-6-14)7-17-9-16-11-4-2-3-10(15)12(11)13(17)18/h2-4,9H,5-8H2,1H3. The molecule has 112 valence electrons. The van der Waals surface area contributed by atoms with Crippen LogP contribution in [0.5, 0.6) is 0 Å². The summed E-state index contributed by atoms with van der Waals surface area (Å²) in [5.41, 5.74) is -0.556. The van der Waals surface area contributed by atoms with E-state index in [4.69, 9.17) is 0 Å². The first-order chi connectivity index (χ1) is 9.80. The first kappa shape index (κ1) is 14.2. The van der Waals surface area contributed by atoms with Gasteiger partial charge in [0.2, 0.25) is 0 Å². The molecule has 0 bridgehead atoms. The van der Waals surface area contributed by atoms with Gasteiger partial charge in [-0.1, -0.05) is 6.07 Å². The molecule has 0 radical (unpaired) electrons. The van der Waals surface area contributed by atoms with Gasteiger partial charge >= 0.3 is 0 Å². The first-order valence-electron chi connectivity index (χ1n) is 6.61. The molecular formula is C14H15FN2O3S. The van der Waals surface area contributed by atoms with Crippen LogP contribution in [0.15, 0.2) is 29.3 Å². The molecule has 1 aromatic carbocycles. The van der Waals surface area contributed by atoms with Gasteiger partial charge in [-0.05, 0) is 25.0 Å². The maximum Gasteiger partial charge on any atom is 0.264 e. The molecule has 21 heavy (non-hydrogen) atoms. The van der Waals surface area contributed by atoms with E-state index in [2.05, 4.69) is 4.98 Å². The van der Waals surface area contributed by atoms with Crippen molar-refractivity contribution in [2.75, 3.05) is 12.0 Å². The van der Waals surface area contributed by atoms with Gasteiger partial charge in [-0.2, -0.15) is 0 Å². The molecule has 1 aliphatic carbocycles. The summed E-state index contributed by atoms with van der Waals surface area (Å²) in [5, 5.41) is -0.0462. The van der Waals surface area contributed by atoms with E-state index in [0.717, 1.165) is 12.8 Å². The molecule has 1 fully saturated rings. The topological polar surface area (TPSA) is 69.0 Å². The third-order valence-corrected chi connectivity index (χ3v) is 4.97. The molecule has 3 rings (SSSR count). The van der Waals surface area contributed by atoms with E-state index in [1.165, 1.54) is 29.3 Å². The lowest BCUT2D eigenvalue weighted by molar-refractivity contribution is 0.449. The summed E-state index contributed by atoms with van der Waals surface area (Å²) >= 11 is 0. The van der Waals surface area contributed by atoms with Crippen LogP contribution in [0.2, 0.25) is 0 Å². The minimum atomic E-state index is -3.11. The van der Waals surface area contributed by atoms with Crippen molar-refractivity contribution in [2.24, 2.45) is 5.41 Å². The summed E-state index contributed by atoms with van der Waals surface area (Å²) in [5.74, 6) is -0.561. The molecule has 1 saturated carbocycles. The highest BCUT2D eigenvalue weighted by Crippen LogP contribution is 2.47. The summed E-state index contributed by atoms with van der Waals surface area (Å²) in [6, 6.07) is 4.30. The van der Waals surface area contributed by atoms with Crippen LogP contribution in [-0.4, -0.2) is 30.0 Å². The van der Waals surface area contributed by atoms with Crippen LogP contribution >= 0.6 is 0 Å². The minimum absolute atomic E-state index is 0.0434. The summed E-state index contributed by atoms with van der Waals surface area (Å²) < 4.78 is 38.1. The van der Waals surface area contributed by atoms with Gasteiger partial charge in [0.1, 0.15) is 21.0 Å². The van der Waals surface area contributed by atoms with Crippen molar-refractivity contribution >= 4 is 20.7 Å². The Morgan fingerprint density at radius 1 is 1.38 bits per heavy atom. The number of benzene rings is 1. The number of fused-ring (bicyclic) bond motifs is 1. The third kappa shape index (κ3) is 2.83. The molecule has 0 saturated heterocycles. The summed E-state index contributed by atoms with van der Waals surface area (Å²) in [7, 11) is -3.11. The Morgan fingerprint density at radius 3 is 2.71 bits per heavy atom. The Hall–Kier alpha value is -1.76. The predicted octanol–water partition coefficient (Wildman–Crippen LogP) is 1.36. The van der Waals surface area contributed by atoms with Gasteiger partial charge in [-0.3, -0.25) is 9.36 Å². The monoisotopic (exact) mass is 310 g/mol. The maximum absolute atomic E-state index is 13.8. The number of aromatic nitrogens is 2. The fraction of sp³-hybridized carbons (Fsp3) is 0.429. The van der Waals surface area contributed by atoms with E-state index >= 15 is 0 Å². The van der Waals surface area contributed by atoms with Gasteiger partial charge in [0.25, 0.3) is 5.56 Å². The average Bonchev–Trinajstić information content (AvgIpc) is 3.10. The second kappa shape index (κ2) is 4.62. The summed E-state index contributed by atoms with van der Waals surface area (Å²) in [4.78, 5) is 16.4. The molecule has 0 N–H and O–H groups in total. The molecule has 7 heteroatoms. The molecule has 0 spiro atoms. The Morgan fingerprint density at radius 2 is 2.10 bits per heavy atom. The van der Waals surface area contributed by atoms with Gasteiger partial charge in [-0.25, -0.2) is 17.8 Å². The van der Waals surface area contributed by atoms with Crippen molar-refractivity contribution in [1.29, 1.82) is 0 Å². The third-order valence-electron chi connectivity index (χ3n) is 3.83. The Kier molecular flexibility index (Phi) is 3.12. The van der Waals surface area contributed by atoms with E-state index < -0.39 is 26.6 Å². The molecule has 5 nitrogen and oxygen atoms in total. The van der Waals surface area contributed by atoms with E-state index in [-0.39, 0.29) is 17.7 Å². The van der Waals surface area contributed by atoms with Crippen molar-refractivity contribution in [3.05, 3.63) is 40.7 Å². The zero-order valence-electron chi connectivity index (χ0n) is 11.5. The van der Waals surface area contributed by atoms with Crippen molar-refractivity contribution in [3.8, 4) is 0 Å². The zero-order chi connectivity index (χ0) is 15.3.